The van der Waals surface area contributed by atoms with Crippen LogP contribution in [-0.2, 0) is 0 Å². The van der Waals surface area contributed by atoms with Crippen LogP contribution >= 0.6 is 11.8 Å². The standard InChI is InChI=1S/C25H26F4N6O2S/c1-34-12-10-17(16(26)14-34)32-22-7-3-6-20-23(38-25(27,28)29)18(33-35(20)22)5-4-11-31-19-13-15(24(30)36)8-9-21(19)37-2/h3,6-9,13,16-17,31-32H,10-12,14H2,1-2H3,(H2,30,36)/t16-,17+/m0/s1. The van der Waals surface area contributed by atoms with Crippen LogP contribution in [0.5, 0.6) is 5.75 Å². The number of benzene rings is 1. The number of nitrogens with one attached hydrogen (secondary N) is 2. The predicted octanol–water partition coefficient (Wildman–Crippen LogP) is 3.97. The van der Waals surface area contributed by atoms with E-state index < -0.39 is 23.6 Å². The molecule has 1 fully saturated rings. The topological polar surface area (TPSA) is 96.9 Å². The highest BCUT2D eigenvalue weighted by atomic mass is 32.2. The number of nitrogens with zero attached hydrogens (tertiary/aromatic N) is 3. The number of thioether (sulfide) groups is 1. The van der Waals surface area contributed by atoms with Crippen molar-refractivity contribution in [2.45, 2.75) is 29.0 Å². The van der Waals surface area contributed by atoms with Gasteiger partial charge in [0.15, 0.2) is 0 Å². The molecule has 2 aromatic heterocycles. The van der Waals surface area contributed by atoms with Crippen molar-refractivity contribution in [2.24, 2.45) is 5.73 Å². The molecule has 13 heteroatoms. The second-order valence-electron chi connectivity index (χ2n) is 8.69. The van der Waals surface area contributed by atoms with Crippen molar-refractivity contribution < 1.29 is 27.1 Å². The lowest BCUT2D eigenvalue weighted by Gasteiger charge is -2.33. The first-order valence-corrected chi connectivity index (χ1v) is 12.4. The molecule has 4 rings (SSSR count). The third kappa shape index (κ3) is 6.43. The van der Waals surface area contributed by atoms with E-state index in [1.165, 1.54) is 29.8 Å². The Morgan fingerprint density at radius 2 is 2.11 bits per heavy atom. The van der Waals surface area contributed by atoms with Gasteiger partial charge < -0.3 is 26.0 Å². The lowest BCUT2D eigenvalue weighted by Crippen LogP contribution is -2.46. The van der Waals surface area contributed by atoms with Gasteiger partial charge in [-0.15, -0.1) is 0 Å². The summed E-state index contributed by atoms with van der Waals surface area (Å²) < 4.78 is 61.5. The average molecular weight is 551 g/mol. The maximum absolute atomic E-state index is 14.6. The first-order chi connectivity index (χ1) is 18.1. The first-order valence-electron chi connectivity index (χ1n) is 11.6. The van der Waals surface area contributed by atoms with Gasteiger partial charge in [0.2, 0.25) is 5.91 Å². The van der Waals surface area contributed by atoms with Crippen molar-refractivity contribution in [2.75, 3.05) is 44.4 Å². The Morgan fingerprint density at radius 3 is 2.79 bits per heavy atom. The van der Waals surface area contributed by atoms with Crippen LogP contribution in [0.15, 0.2) is 41.3 Å². The number of piperidine rings is 1. The number of nitrogens with two attached hydrogens (primary N) is 1. The number of rotatable bonds is 7. The lowest BCUT2D eigenvalue weighted by molar-refractivity contribution is -0.0327. The summed E-state index contributed by atoms with van der Waals surface area (Å²) >= 11 is -0.301. The molecule has 1 amide bonds. The van der Waals surface area contributed by atoms with Crippen LogP contribution in [0.1, 0.15) is 22.5 Å². The summed E-state index contributed by atoms with van der Waals surface area (Å²) in [6.07, 6.45) is -0.600. The molecule has 1 saturated heterocycles. The zero-order valence-electron chi connectivity index (χ0n) is 20.6. The van der Waals surface area contributed by atoms with Crippen LogP contribution in [0.25, 0.3) is 5.52 Å². The van der Waals surface area contributed by atoms with E-state index in [0.29, 0.717) is 30.2 Å². The fraction of sp³-hybridized carbons (Fsp3) is 0.360. The van der Waals surface area contributed by atoms with E-state index in [-0.39, 0.29) is 46.5 Å². The summed E-state index contributed by atoms with van der Waals surface area (Å²) in [5, 5.41) is 10.4. The molecule has 38 heavy (non-hydrogen) atoms. The van der Waals surface area contributed by atoms with Crippen LogP contribution in [0.4, 0.5) is 29.1 Å². The van der Waals surface area contributed by atoms with Crippen molar-refractivity contribution in [1.82, 2.24) is 14.5 Å². The quantitative estimate of drug-likeness (QED) is 0.233. The van der Waals surface area contributed by atoms with Gasteiger partial charge in [-0.25, -0.2) is 8.91 Å². The highest BCUT2D eigenvalue weighted by molar-refractivity contribution is 8.00. The van der Waals surface area contributed by atoms with Crippen molar-refractivity contribution >= 4 is 34.7 Å². The van der Waals surface area contributed by atoms with Crippen LogP contribution < -0.4 is 21.1 Å². The molecule has 1 aromatic carbocycles. The number of likely N-dealkylation sites (tertiary alicyclic amines) is 1. The Labute approximate surface area is 220 Å². The van der Waals surface area contributed by atoms with Crippen LogP contribution in [0, 0.1) is 11.8 Å². The monoisotopic (exact) mass is 550 g/mol. The number of fused-ring (bicyclic) bond motifs is 1. The zero-order chi connectivity index (χ0) is 27.4. The average Bonchev–Trinajstić information content (AvgIpc) is 3.20. The maximum atomic E-state index is 14.6. The number of aromatic nitrogens is 2. The summed E-state index contributed by atoms with van der Waals surface area (Å²) in [7, 11) is 3.29. The molecule has 1 aliphatic heterocycles. The normalized spacial score (nSPS) is 18.1. The Kier molecular flexibility index (Phi) is 8.23. The summed E-state index contributed by atoms with van der Waals surface area (Å²) in [6.45, 7) is 0.977. The van der Waals surface area contributed by atoms with E-state index in [4.69, 9.17) is 10.5 Å². The minimum atomic E-state index is -4.57. The fourth-order valence-electron chi connectivity index (χ4n) is 4.13. The summed E-state index contributed by atoms with van der Waals surface area (Å²) in [4.78, 5) is 13.2. The van der Waals surface area contributed by atoms with Crippen molar-refractivity contribution in [1.29, 1.82) is 0 Å². The number of carbonyl (C=O) groups is 1. The molecule has 0 saturated carbocycles. The molecule has 0 spiro atoms. The number of alkyl halides is 4. The highest BCUT2D eigenvalue weighted by Crippen LogP contribution is 2.41. The van der Waals surface area contributed by atoms with Gasteiger partial charge in [0.1, 0.15) is 23.4 Å². The molecular formula is C25H26F4N6O2S. The lowest BCUT2D eigenvalue weighted by atomic mass is 10.0. The Hall–Kier alpha value is -3.63. The SMILES string of the molecule is COc1ccc(C(N)=O)cc1NCC#Cc1nn2c(N[C@@H]3CCN(C)C[C@@H]3F)cccc2c1SC(F)(F)F. The molecule has 0 bridgehead atoms. The highest BCUT2D eigenvalue weighted by Gasteiger charge is 2.33. The first kappa shape index (κ1) is 27.4. The van der Waals surface area contributed by atoms with Crippen LogP contribution in [0.2, 0.25) is 0 Å². The fourth-order valence-corrected chi connectivity index (χ4v) is 4.81. The van der Waals surface area contributed by atoms with E-state index in [2.05, 4.69) is 27.6 Å². The molecule has 0 aliphatic carbocycles. The third-order valence-corrected chi connectivity index (χ3v) is 6.80. The zero-order valence-corrected chi connectivity index (χ0v) is 21.4. The molecule has 3 heterocycles. The molecule has 0 radical (unpaired) electrons. The molecular weight excluding hydrogens is 524 g/mol. The van der Waals surface area contributed by atoms with Gasteiger partial charge in [0, 0.05) is 18.7 Å². The van der Waals surface area contributed by atoms with Crippen molar-refractivity contribution in [3.05, 3.63) is 47.7 Å². The molecule has 1 aliphatic rings. The second-order valence-corrected chi connectivity index (χ2v) is 9.76. The molecule has 202 valence electrons. The summed E-state index contributed by atoms with van der Waals surface area (Å²) in [5.74, 6) is 5.68. The van der Waals surface area contributed by atoms with Gasteiger partial charge in [0.05, 0.1) is 35.8 Å². The third-order valence-electron chi connectivity index (χ3n) is 5.97. The number of methoxy groups -OCH3 is 1. The van der Waals surface area contributed by atoms with Gasteiger partial charge in [-0.05, 0) is 61.5 Å². The van der Waals surface area contributed by atoms with Crippen molar-refractivity contribution in [3.8, 4) is 17.6 Å². The Bertz CT molecular complexity index is 1380. The number of hydrogen-bond acceptors (Lipinski definition) is 7. The summed E-state index contributed by atoms with van der Waals surface area (Å²) in [6, 6.07) is 8.83. The van der Waals surface area contributed by atoms with Crippen LogP contribution in [0.3, 0.4) is 0 Å². The smallest absolute Gasteiger partial charge is 0.446 e. The molecule has 8 nitrogen and oxygen atoms in total. The number of pyridine rings is 1. The second kappa shape index (κ2) is 11.4. The number of hydrogen-bond donors (Lipinski definition) is 3. The van der Waals surface area contributed by atoms with Gasteiger partial charge in [-0.2, -0.15) is 18.3 Å². The number of carbonyl (C=O) groups excluding carboxylic acids is 1. The van der Waals surface area contributed by atoms with E-state index in [1.807, 2.05) is 11.9 Å². The van der Waals surface area contributed by atoms with Gasteiger partial charge in [0.25, 0.3) is 0 Å². The van der Waals surface area contributed by atoms with E-state index in [9.17, 15) is 22.4 Å². The van der Waals surface area contributed by atoms with Crippen LogP contribution in [-0.4, -0.2) is 71.9 Å². The Balaban J connectivity index is 1.62. The van der Waals surface area contributed by atoms with Gasteiger partial charge in [-0.3, -0.25) is 4.79 Å². The minimum Gasteiger partial charge on any atom is -0.495 e. The van der Waals surface area contributed by atoms with E-state index in [1.54, 1.807) is 18.2 Å². The number of primary amides is 1. The molecule has 4 N–H and O–H groups in total. The van der Waals surface area contributed by atoms with Crippen molar-refractivity contribution in [3.63, 3.8) is 0 Å². The largest absolute Gasteiger partial charge is 0.495 e. The number of anilines is 2. The molecule has 0 unspecified atom stereocenters. The predicted molar refractivity (Wildman–Crippen MR) is 138 cm³/mol. The maximum Gasteiger partial charge on any atom is 0.446 e. The molecule has 3 aromatic rings. The minimum absolute atomic E-state index is 0.0206. The van der Waals surface area contributed by atoms with E-state index >= 15 is 0 Å². The van der Waals surface area contributed by atoms with E-state index in [0.717, 1.165) is 0 Å². The van der Waals surface area contributed by atoms with Gasteiger partial charge >= 0.3 is 5.51 Å². The Morgan fingerprint density at radius 1 is 1.32 bits per heavy atom. The number of halogens is 4. The summed E-state index contributed by atoms with van der Waals surface area (Å²) in [5.41, 5.74) is 1.60. The number of amides is 1. The molecule has 2 atom stereocenters. The van der Waals surface area contributed by atoms with Gasteiger partial charge in [-0.1, -0.05) is 12.0 Å². The number of ether oxygens (including phenoxy) is 1.